The van der Waals surface area contributed by atoms with Crippen molar-refractivity contribution in [3.63, 3.8) is 0 Å². The number of esters is 1. The number of carbonyl (C=O) groups is 4. The zero-order valence-electron chi connectivity index (χ0n) is 18.5. The van der Waals surface area contributed by atoms with Gasteiger partial charge in [-0.25, -0.2) is 4.79 Å². The molecule has 1 heterocycles. The first-order chi connectivity index (χ1) is 15.9. The Balaban J connectivity index is 1.53. The molecule has 3 rings (SSSR count). The fourth-order valence-corrected chi connectivity index (χ4v) is 4.31. The predicted octanol–water partition coefficient (Wildman–Crippen LogP) is 3.51. The SMILES string of the molecule is CCCCOc1ccc(NC(=O)COC(=O)c2ccccc2SC2CC(=O)N(C)C2=O)cc1. The third-order valence-electron chi connectivity index (χ3n) is 4.96. The minimum atomic E-state index is -0.682. The molecule has 2 aromatic carbocycles. The Morgan fingerprint density at radius 1 is 1.12 bits per heavy atom. The summed E-state index contributed by atoms with van der Waals surface area (Å²) in [6.07, 6.45) is 2.09. The van der Waals surface area contributed by atoms with Crippen LogP contribution in [-0.4, -0.2) is 54.1 Å². The Hall–Kier alpha value is -3.33. The number of carbonyl (C=O) groups excluding carboxylic acids is 4. The van der Waals surface area contributed by atoms with Gasteiger partial charge in [0.1, 0.15) is 5.75 Å². The Morgan fingerprint density at radius 2 is 1.85 bits per heavy atom. The van der Waals surface area contributed by atoms with Crippen LogP contribution in [0.1, 0.15) is 36.5 Å². The molecule has 8 nitrogen and oxygen atoms in total. The quantitative estimate of drug-likeness (QED) is 0.322. The van der Waals surface area contributed by atoms with Crippen LogP contribution in [0.3, 0.4) is 0 Å². The van der Waals surface area contributed by atoms with Crippen LogP contribution in [0, 0.1) is 0 Å². The average Bonchev–Trinajstić information content (AvgIpc) is 3.05. The first-order valence-corrected chi connectivity index (χ1v) is 11.5. The molecule has 0 radical (unpaired) electrons. The van der Waals surface area contributed by atoms with Gasteiger partial charge in [0.15, 0.2) is 6.61 Å². The van der Waals surface area contributed by atoms with Crippen LogP contribution >= 0.6 is 11.8 Å². The molecule has 1 saturated heterocycles. The van der Waals surface area contributed by atoms with Crippen molar-refractivity contribution in [2.24, 2.45) is 0 Å². The van der Waals surface area contributed by atoms with Gasteiger partial charge >= 0.3 is 5.97 Å². The third-order valence-corrected chi connectivity index (χ3v) is 6.22. The Kier molecular flexibility index (Phi) is 8.48. The van der Waals surface area contributed by atoms with Crippen LogP contribution in [0.25, 0.3) is 0 Å². The van der Waals surface area contributed by atoms with E-state index >= 15 is 0 Å². The second-order valence-corrected chi connectivity index (χ2v) is 8.69. The third kappa shape index (κ3) is 6.58. The number of unbranched alkanes of at least 4 members (excludes halogenated alkanes) is 1. The molecule has 1 N–H and O–H groups in total. The Labute approximate surface area is 196 Å². The van der Waals surface area contributed by atoms with Crippen molar-refractivity contribution in [3.05, 3.63) is 54.1 Å². The smallest absolute Gasteiger partial charge is 0.339 e. The van der Waals surface area contributed by atoms with Crippen LogP contribution in [0.2, 0.25) is 0 Å². The topological polar surface area (TPSA) is 102 Å². The van der Waals surface area contributed by atoms with E-state index in [2.05, 4.69) is 12.2 Å². The van der Waals surface area contributed by atoms with Crippen LogP contribution in [0.5, 0.6) is 5.75 Å². The molecule has 1 unspecified atom stereocenters. The molecular formula is C24H26N2O6S. The van der Waals surface area contributed by atoms with E-state index in [1.165, 1.54) is 7.05 Å². The molecule has 1 fully saturated rings. The first-order valence-electron chi connectivity index (χ1n) is 10.6. The molecule has 0 aliphatic carbocycles. The number of hydrogen-bond donors (Lipinski definition) is 1. The van der Waals surface area contributed by atoms with E-state index in [9.17, 15) is 19.2 Å². The molecule has 0 aromatic heterocycles. The average molecular weight is 471 g/mol. The largest absolute Gasteiger partial charge is 0.494 e. The lowest BCUT2D eigenvalue weighted by Gasteiger charge is -2.12. The highest BCUT2D eigenvalue weighted by Crippen LogP contribution is 2.33. The number of hydrogen-bond acceptors (Lipinski definition) is 7. The number of benzene rings is 2. The van der Waals surface area contributed by atoms with Crippen molar-refractivity contribution >= 4 is 41.1 Å². The summed E-state index contributed by atoms with van der Waals surface area (Å²) in [6.45, 7) is 2.26. The van der Waals surface area contributed by atoms with Gasteiger partial charge in [0.05, 0.1) is 17.4 Å². The molecule has 174 valence electrons. The fourth-order valence-electron chi connectivity index (χ4n) is 3.08. The molecule has 1 aliphatic heterocycles. The summed E-state index contributed by atoms with van der Waals surface area (Å²) in [4.78, 5) is 50.3. The van der Waals surface area contributed by atoms with Gasteiger partial charge in [-0.05, 0) is 42.8 Å². The normalized spacial score (nSPS) is 15.5. The maximum Gasteiger partial charge on any atom is 0.339 e. The molecule has 0 saturated carbocycles. The molecule has 9 heteroatoms. The van der Waals surface area contributed by atoms with Crippen molar-refractivity contribution in [2.45, 2.75) is 36.3 Å². The molecule has 0 bridgehead atoms. The maximum absolute atomic E-state index is 12.6. The minimum absolute atomic E-state index is 0.0776. The predicted molar refractivity (Wildman–Crippen MR) is 124 cm³/mol. The van der Waals surface area contributed by atoms with Gasteiger partial charge in [-0.3, -0.25) is 19.3 Å². The molecule has 2 aromatic rings. The summed E-state index contributed by atoms with van der Waals surface area (Å²) in [7, 11) is 1.44. The van der Waals surface area contributed by atoms with Crippen LogP contribution in [0.15, 0.2) is 53.4 Å². The molecule has 1 aliphatic rings. The lowest BCUT2D eigenvalue weighted by Crippen LogP contribution is -2.26. The van der Waals surface area contributed by atoms with Gasteiger partial charge in [-0.15, -0.1) is 11.8 Å². The molecule has 0 spiro atoms. The molecular weight excluding hydrogens is 444 g/mol. The first kappa shape index (κ1) is 24.3. The summed E-state index contributed by atoms with van der Waals surface area (Å²) in [5, 5.41) is 2.08. The highest BCUT2D eigenvalue weighted by molar-refractivity contribution is 8.00. The van der Waals surface area contributed by atoms with E-state index in [0.717, 1.165) is 35.3 Å². The van der Waals surface area contributed by atoms with Crippen LogP contribution in [-0.2, 0) is 19.1 Å². The number of amides is 3. The number of likely N-dealkylation sites (tertiary alicyclic amines) is 1. The number of rotatable bonds is 10. The zero-order chi connectivity index (χ0) is 23.8. The molecule has 1 atom stereocenters. The van der Waals surface area contributed by atoms with Gasteiger partial charge in [-0.2, -0.15) is 0 Å². The zero-order valence-corrected chi connectivity index (χ0v) is 19.4. The van der Waals surface area contributed by atoms with Crippen molar-refractivity contribution in [3.8, 4) is 5.75 Å². The number of nitrogens with zero attached hydrogens (tertiary/aromatic N) is 1. The second-order valence-electron chi connectivity index (χ2n) is 7.45. The van der Waals surface area contributed by atoms with Gasteiger partial charge in [0, 0.05) is 24.1 Å². The summed E-state index contributed by atoms with van der Waals surface area (Å²) in [5.74, 6) is -0.996. The Morgan fingerprint density at radius 3 is 2.52 bits per heavy atom. The monoisotopic (exact) mass is 470 g/mol. The molecule has 33 heavy (non-hydrogen) atoms. The summed E-state index contributed by atoms with van der Waals surface area (Å²) in [6, 6.07) is 13.6. The van der Waals surface area contributed by atoms with E-state index in [1.807, 2.05) is 0 Å². The fraction of sp³-hybridized carbons (Fsp3) is 0.333. The van der Waals surface area contributed by atoms with E-state index < -0.39 is 23.7 Å². The van der Waals surface area contributed by atoms with Crippen molar-refractivity contribution in [1.82, 2.24) is 4.90 Å². The van der Waals surface area contributed by atoms with Gasteiger partial charge in [0.2, 0.25) is 11.8 Å². The van der Waals surface area contributed by atoms with Crippen molar-refractivity contribution in [1.29, 1.82) is 0 Å². The van der Waals surface area contributed by atoms with Gasteiger partial charge in [0.25, 0.3) is 5.91 Å². The highest BCUT2D eigenvalue weighted by atomic mass is 32.2. The maximum atomic E-state index is 12.6. The van der Waals surface area contributed by atoms with E-state index in [4.69, 9.17) is 9.47 Å². The number of thioether (sulfide) groups is 1. The second kappa shape index (κ2) is 11.5. The molecule has 3 amide bonds. The van der Waals surface area contributed by atoms with E-state index in [1.54, 1.807) is 48.5 Å². The van der Waals surface area contributed by atoms with Crippen molar-refractivity contribution in [2.75, 3.05) is 25.6 Å². The number of anilines is 1. The van der Waals surface area contributed by atoms with Gasteiger partial charge in [-0.1, -0.05) is 25.5 Å². The van der Waals surface area contributed by atoms with E-state index in [-0.39, 0.29) is 23.8 Å². The minimum Gasteiger partial charge on any atom is -0.494 e. The lowest BCUT2D eigenvalue weighted by atomic mass is 10.2. The van der Waals surface area contributed by atoms with Crippen LogP contribution in [0.4, 0.5) is 5.69 Å². The number of ether oxygens (including phenoxy) is 2. The number of imide groups is 1. The van der Waals surface area contributed by atoms with Gasteiger partial charge < -0.3 is 14.8 Å². The summed E-state index contributed by atoms with van der Waals surface area (Å²) < 4.78 is 10.8. The summed E-state index contributed by atoms with van der Waals surface area (Å²) in [5.41, 5.74) is 0.794. The Bertz CT molecular complexity index is 1020. The van der Waals surface area contributed by atoms with Crippen LogP contribution < -0.4 is 10.1 Å². The lowest BCUT2D eigenvalue weighted by molar-refractivity contribution is -0.136. The van der Waals surface area contributed by atoms with Crippen molar-refractivity contribution < 1.29 is 28.7 Å². The van der Waals surface area contributed by atoms with E-state index in [0.29, 0.717) is 17.2 Å². The summed E-state index contributed by atoms with van der Waals surface area (Å²) >= 11 is 1.14. The standard InChI is InChI=1S/C24H26N2O6S/c1-3-4-13-31-17-11-9-16(10-12-17)25-21(27)15-32-24(30)18-7-5-6-8-19(18)33-20-14-22(28)26(2)23(20)29/h5-12,20H,3-4,13-15H2,1-2H3,(H,25,27). The number of nitrogens with one attached hydrogen (secondary N) is 1. The highest BCUT2D eigenvalue weighted by Gasteiger charge is 2.37.